The van der Waals surface area contributed by atoms with E-state index < -0.39 is 0 Å². The number of hydrogen-bond donors (Lipinski definition) is 1. The summed E-state index contributed by atoms with van der Waals surface area (Å²) >= 11 is 0. The number of rotatable bonds is 1. The third kappa shape index (κ3) is 3.17. The highest BCUT2D eigenvalue weighted by Crippen LogP contribution is 2.24. The van der Waals surface area contributed by atoms with Gasteiger partial charge in [-0.1, -0.05) is 25.7 Å². The Bertz CT molecular complexity index is 544. The molecular formula is C16H21N3O. The molecule has 0 spiro atoms. The highest BCUT2D eigenvalue weighted by Gasteiger charge is 2.27. The maximum absolute atomic E-state index is 12.6. The molecule has 2 heterocycles. The fourth-order valence-corrected chi connectivity index (χ4v) is 2.44. The number of aromatic nitrogens is 1. The van der Waals surface area contributed by atoms with Crippen LogP contribution in [0.1, 0.15) is 36.2 Å². The van der Waals surface area contributed by atoms with Crippen molar-refractivity contribution < 1.29 is 4.79 Å². The van der Waals surface area contributed by atoms with E-state index in [2.05, 4.69) is 30.7 Å². The van der Waals surface area contributed by atoms with Crippen molar-refractivity contribution in [2.24, 2.45) is 17.6 Å². The second-order valence-electron chi connectivity index (χ2n) is 5.42. The van der Waals surface area contributed by atoms with Crippen molar-refractivity contribution in [3.8, 4) is 11.8 Å². The van der Waals surface area contributed by atoms with Crippen LogP contribution in [0.5, 0.6) is 0 Å². The Morgan fingerprint density at radius 3 is 3.00 bits per heavy atom. The maximum atomic E-state index is 12.6. The molecule has 1 fully saturated rings. The van der Waals surface area contributed by atoms with Gasteiger partial charge in [0, 0.05) is 25.5 Å². The Balaban J connectivity index is 2.21. The molecule has 2 unspecified atom stereocenters. The molecule has 2 N–H and O–H groups in total. The van der Waals surface area contributed by atoms with E-state index in [4.69, 9.17) is 5.73 Å². The van der Waals surface area contributed by atoms with Crippen molar-refractivity contribution in [3.63, 3.8) is 0 Å². The van der Waals surface area contributed by atoms with E-state index in [1.165, 1.54) is 0 Å². The van der Waals surface area contributed by atoms with Gasteiger partial charge in [0.25, 0.3) is 5.91 Å². The summed E-state index contributed by atoms with van der Waals surface area (Å²) in [6.45, 7) is 6.35. The first-order valence-electron chi connectivity index (χ1n) is 7.05. The lowest BCUT2D eigenvalue weighted by atomic mass is 9.88. The van der Waals surface area contributed by atoms with E-state index in [9.17, 15) is 4.79 Å². The van der Waals surface area contributed by atoms with Gasteiger partial charge in [0.2, 0.25) is 0 Å². The number of nitrogens with zero attached hydrogens (tertiary/aromatic N) is 2. The summed E-state index contributed by atoms with van der Waals surface area (Å²) in [4.78, 5) is 18.6. The first kappa shape index (κ1) is 14.5. The average Bonchev–Trinajstić information content (AvgIpc) is 2.47. The van der Waals surface area contributed by atoms with Crippen molar-refractivity contribution in [1.29, 1.82) is 0 Å². The molecule has 0 aromatic carbocycles. The van der Waals surface area contributed by atoms with Crippen LogP contribution in [0.3, 0.4) is 0 Å². The SMILES string of the molecule is CC1CCN(C(=O)c2ccncc2C#CCN)CC1C. The van der Waals surface area contributed by atoms with Gasteiger partial charge in [-0.3, -0.25) is 9.78 Å². The Kier molecular flexibility index (Phi) is 4.75. The van der Waals surface area contributed by atoms with Gasteiger partial charge in [0.05, 0.1) is 17.7 Å². The molecule has 1 saturated heterocycles. The molecule has 2 rings (SSSR count). The van der Waals surface area contributed by atoms with E-state index in [1.807, 2.05) is 4.90 Å². The largest absolute Gasteiger partial charge is 0.338 e. The van der Waals surface area contributed by atoms with Crippen molar-refractivity contribution in [3.05, 3.63) is 29.6 Å². The van der Waals surface area contributed by atoms with Crippen molar-refractivity contribution in [1.82, 2.24) is 9.88 Å². The number of piperidine rings is 1. The fourth-order valence-electron chi connectivity index (χ4n) is 2.44. The van der Waals surface area contributed by atoms with Crippen LogP contribution in [-0.4, -0.2) is 35.4 Å². The van der Waals surface area contributed by atoms with Gasteiger partial charge >= 0.3 is 0 Å². The molecule has 2 atom stereocenters. The number of pyridine rings is 1. The normalized spacial score (nSPS) is 22.1. The summed E-state index contributed by atoms with van der Waals surface area (Å²) < 4.78 is 0. The summed E-state index contributed by atoms with van der Waals surface area (Å²) in [5, 5.41) is 0. The zero-order chi connectivity index (χ0) is 14.5. The number of nitrogens with two attached hydrogens (primary N) is 1. The van der Waals surface area contributed by atoms with Gasteiger partial charge in [-0.25, -0.2) is 0 Å². The molecule has 106 valence electrons. The summed E-state index contributed by atoms with van der Waals surface area (Å²) in [5.41, 5.74) is 6.68. The second kappa shape index (κ2) is 6.53. The molecular weight excluding hydrogens is 250 g/mol. The van der Waals surface area contributed by atoms with Crippen LogP contribution in [-0.2, 0) is 0 Å². The van der Waals surface area contributed by atoms with Gasteiger partial charge in [0.15, 0.2) is 0 Å². The van der Waals surface area contributed by atoms with E-state index in [0.29, 0.717) is 23.0 Å². The molecule has 0 saturated carbocycles. The zero-order valence-corrected chi connectivity index (χ0v) is 12.1. The average molecular weight is 271 g/mol. The Morgan fingerprint density at radius 1 is 1.50 bits per heavy atom. The minimum atomic E-state index is 0.0486. The molecule has 4 heteroatoms. The molecule has 4 nitrogen and oxygen atoms in total. The van der Waals surface area contributed by atoms with E-state index in [1.54, 1.807) is 18.5 Å². The minimum absolute atomic E-state index is 0.0486. The predicted molar refractivity (Wildman–Crippen MR) is 79.0 cm³/mol. The third-order valence-corrected chi connectivity index (χ3v) is 4.00. The number of likely N-dealkylation sites (tertiary alicyclic amines) is 1. The smallest absolute Gasteiger partial charge is 0.255 e. The van der Waals surface area contributed by atoms with Crippen LogP contribution in [0, 0.1) is 23.7 Å². The summed E-state index contributed by atoms with van der Waals surface area (Å²) in [6.07, 6.45) is 4.32. The Labute approximate surface area is 120 Å². The Morgan fingerprint density at radius 2 is 2.30 bits per heavy atom. The van der Waals surface area contributed by atoms with E-state index in [-0.39, 0.29) is 12.5 Å². The first-order chi connectivity index (χ1) is 9.63. The number of carbonyl (C=O) groups excluding carboxylic acids is 1. The lowest BCUT2D eigenvalue weighted by molar-refractivity contribution is 0.0627. The molecule has 0 aliphatic carbocycles. The molecule has 1 aliphatic rings. The standard InChI is InChI=1S/C16H21N3O/c1-12-6-9-19(11-13(12)2)16(20)15-5-8-18-10-14(15)4-3-7-17/h5,8,10,12-13H,6-7,9,11,17H2,1-2H3. The van der Waals surface area contributed by atoms with Gasteiger partial charge in [-0.05, 0) is 24.3 Å². The van der Waals surface area contributed by atoms with Gasteiger partial charge < -0.3 is 10.6 Å². The minimum Gasteiger partial charge on any atom is -0.338 e. The van der Waals surface area contributed by atoms with Crippen LogP contribution in [0.4, 0.5) is 0 Å². The summed E-state index contributed by atoms with van der Waals surface area (Å²) in [7, 11) is 0. The van der Waals surface area contributed by atoms with Crippen LogP contribution in [0.25, 0.3) is 0 Å². The van der Waals surface area contributed by atoms with Crippen LogP contribution < -0.4 is 5.73 Å². The monoisotopic (exact) mass is 271 g/mol. The third-order valence-electron chi connectivity index (χ3n) is 4.00. The van der Waals surface area contributed by atoms with Crippen molar-refractivity contribution >= 4 is 5.91 Å². The molecule has 1 amide bonds. The summed E-state index contributed by atoms with van der Waals surface area (Å²) in [6, 6.07) is 1.74. The van der Waals surface area contributed by atoms with E-state index >= 15 is 0 Å². The number of carbonyl (C=O) groups is 1. The zero-order valence-electron chi connectivity index (χ0n) is 12.1. The number of hydrogen-bond acceptors (Lipinski definition) is 3. The van der Waals surface area contributed by atoms with E-state index in [0.717, 1.165) is 19.5 Å². The molecule has 0 radical (unpaired) electrons. The molecule has 1 aromatic rings. The first-order valence-corrected chi connectivity index (χ1v) is 7.05. The Hall–Kier alpha value is -1.86. The molecule has 0 bridgehead atoms. The van der Waals surface area contributed by atoms with Gasteiger partial charge in [-0.2, -0.15) is 0 Å². The van der Waals surface area contributed by atoms with Gasteiger partial charge in [-0.15, -0.1) is 0 Å². The highest BCUT2D eigenvalue weighted by atomic mass is 16.2. The maximum Gasteiger partial charge on any atom is 0.255 e. The van der Waals surface area contributed by atoms with Crippen molar-refractivity contribution in [2.75, 3.05) is 19.6 Å². The predicted octanol–water partition coefficient (Wildman–Crippen LogP) is 1.51. The molecule has 20 heavy (non-hydrogen) atoms. The quantitative estimate of drug-likeness (QED) is 0.788. The molecule has 1 aliphatic heterocycles. The topological polar surface area (TPSA) is 59.2 Å². The van der Waals surface area contributed by atoms with Crippen LogP contribution in [0.15, 0.2) is 18.5 Å². The molecule has 1 aromatic heterocycles. The van der Waals surface area contributed by atoms with Crippen LogP contribution in [0.2, 0.25) is 0 Å². The van der Waals surface area contributed by atoms with Crippen molar-refractivity contribution in [2.45, 2.75) is 20.3 Å². The number of amides is 1. The lowest BCUT2D eigenvalue weighted by Crippen LogP contribution is -2.42. The summed E-state index contributed by atoms with van der Waals surface area (Å²) in [5.74, 6) is 6.97. The fraction of sp³-hybridized carbons (Fsp3) is 0.500. The lowest BCUT2D eigenvalue weighted by Gasteiger charge is -2.35. The van der Waals surface area contributed by atoms with Gasteiger partial charge in [0.1, 0.15) is 0 Å². The van der Waals surface area contributed by atoms with Crippen LogP contribution >= 0.6 is 0 Å². The second-order valence-corrected chi connectivity index (χ2v) is 5.42. The highest BCUT2D eigenvalue weighted by molar-refractivity contribution is 5.96.